The number of halogens is 1. The summed E-state index contributed by atoms with van der Waals surface area (Å²) in [7, 11) is 0. The number of aryl methyl sites for hydroxylation is 1. The van der Waals surface area contributed by atoms with E-state index in [0.29, 0.717) is 16.9 Å². The number of hydrogen-bond donors (Lipinski definition) is 2. The predicted molar refractivity (Wildman–Crippen MR) is 120 cm³/mol. The second kappa shape index (κ2) is 9.02. The van der Waals surface area contributed by atoms with Crippen LogP contribution >= 0.6 is 11.6 Å². The lowest BCUT2D eigenvalue weighted by Gasteiger charge is -2.14. The summed E-state index contributed by atoms with van der Waals surface area (Å²) in [5.41, 5.74) is 3.14. The molecule has 2 N–H and O–H groups in total. The number of phenolic OH excluding ortho intramolecular Hbond substituents is 1. The minimum absolute atomic E-state index is 0.109. The third-order valence-electron chi connectivity index (χ3n) is 5.54. The fourth-order valence-corrected chi connectivity index (χ4v) is 4.12. The molecule has 8 heteroatoms. The van der Waals surface area contributed by atoms with Crippen LogP contribution in [0, 0.1) is 5.92 Å². The van der Waals surface area contributed by atoms with Crippen LogP contribution in [0.3, 0.4) is 0 Å². The maximum absolute atomic E-state index is 9.98. The third kappa shape index (κ3) is 4.57. The van der Waals surface area contributed by atoms with Gasteiger partial charge >= 0.3 is 0 Å². The summed E-state index contributed by atoms with van der Waals surface area (Å²) in [4.78, 5) is 11.6. The van der Waals surface area contributed by atoms with Crippen LogP contribution in [0.5, 0.6) is 5.75 Å². The smallest absolute Gasteiger partial charge is 0.223 e. The summed E-state index contributed by atoms with van der Waals surface area (Å²) >= 11 is 6.15. The highest BCUT2D eigenvalue weighted by atomic mass is 35.5. The number of aromatic nitrogens is 4. The van der Waals surface area contributed by atoms with Crippen molar-refractivity contribution in [2.24, 2.45) is 5.92 Å². The van der Waals surface area contributed by atoms with Crippen LogP contribution in [-0.4, -0.2) is 55.9 Å². The molecule has 30 heavy (non-hydrogen) atoms. The highest BCUT2D eigenvalue weighted by molar-refractivity contribution is 6.31. The Labute approximate surface area is 181 Å². The van der Waals surface area contributed by atoms with Crippen molar-refractivity contribution in [1.82, 2.24) is 24.6 Å². The molecule has 1 atom stereocenters. The standard InChI is InChI=1S/C22H27ClN6O/c1-3-28-8-6-15(13-28)12-25-22-24-7-5-20(26-22)19-14-29(4-2)27-21(19)16-9-17(23)11-18(30)10-16/h5,7,9-11,14-15,30H,3-4,6,8,12-13H2,1-2H3,(H,24,25,26). The first-order chi connectivity index (χ1) is 14.6. The van der Waals surface area contributed by atoms with Crippen LogP contribution in [0.25, 0.3) is 22.5 Å². The molecular formula is C22H27ClN6O. The van der Waals surface area contributed by atoms with E-state index in [4.69, 9.17) is 16.6 Å². The SMILES string of the molecule is CCN1CCC(CNc2nccc(-c3cn(CC)nc3-c3cc(O)cc(Cl)c3)n2)C1. The van der Waals surface area contributed by atoms with Crippen molar-refractivity contribution in [3.05, 3.63) is 41.7 Å². The Morgan fingerprint density at radius 2 is 2.10 bits per heavy atom. The summed E-state index contributed by atoms with van der Waals surface area (Å²) in [5.74, 6) is 1.34. The Hall–Kier alpha value is -2.64. The zero-order valence-electron chi connectivity index (χ0n) is 17.3. The molecule has 0 aliphatic carbocycles. The minimum Gasteiger partial charge on any atom is -0.508 e. The molecule has 1 aliphatic heterocycles. The monoisotopic (exact) mass is 426 g/mol. The molecule has 0 amide bonds. The lowest BCUT2D eigenvalue weighted by atomic mass is 10.1. The molecule has 2 aromatic heterocycles. The molecule has 1 aromatic carbocycles. The first kappa shape index (κ1) is 20.6. The second-order valence-corrected chi connectivity index (χ2v) is 8.08. The van der Waals surface area contributed by atoms with E-state index in [0.717, 1.165) is 55.2 Å². The van der Waals surface area contributed by atoms with E-state index < -0.39 is 0 Å². The van der Waals surface area contributed by atoms with Gasteiger partial charge in [-0.25, -0.2) is 9.97 Å². The number of aromatic hydroxyl groups is 1. The number of phenols is 1. The highest BCUT2D eigenvalue weighted by Gasteiger charge is 2.21. The molecule has 0 bridgehead atoms. The molecular weight excluding hydrogens is 400 g/mol. The molecule has 3 heterocycles. The van der Waals surface area contributed by atoms with Crippen LogP contribution in [0.4, 0.5) is 5.95 Å². The molecule has 4 rings (SSSR count). The van der Waals surface area contributed by atoms with E-state index in [1.165, 1.54) is 12.5 Å². The largest absolute Gasteiger partial charge is 0.508 e. The first-order valence-corrected chi connectivity index (χ1v) is 10.8. The maximum Gasteiger partial charge on any atom is 0.223 e. The molecule has 1 fully saturated rings. The van der Waals surface area contributed by atoms with Crippen LogP contribution < -0.4 is 5.32 Å². The average Bonchev–Trinajstić information content (AvgIpc) is 3.38. The zero-order valence-corrected chi connectivity index (χ0v) is 18.1. The fourth-order valence-electron chi connectivity index (χ4n) is 3.89. The number of likely N-dealkylation sites (tertiary alicyclic amines) is 1. The van der Waals surface area contributed by atoms with Gasteiger partial charge in [0.25, 0.3) is 0 Å². The van der Waals surface area contributed by atoms with Crippen molar-refractivity contribution in [3.8, 4) is 28.3 Å². The first-order valence-electron chi connectivity index (χ1n) is 10.4. The Bertz CT molecular complexity index is 1000. The predicted octanol–water partition coefficient (Wildman–Crippen LogP) is 4.14. The number of rotatable bonds is 7. The normalized spacial score (nSPS) is 16.8. The Morgan fingerprint density at radius 1 is 1.23 bits per heavy atom. The van der Waals surface area contributed by atoms with Gasteiger partial charge < -0.3 is 15.3 Å². The topological polar surface area (TPSA) is 79.1 Å². The summed E-state index contributed by atoms with van der Waals surface area (Å²) in [5, 5.41) is 18.5. The average molecular weight is 427 g/mol. The Kier molecular flexibility index (Phi) is 6.20. The molecule has 0 radical (unpaired) electrons. The number of benzene rings is 1. The van der Waals surface area contributed by atoms with Gasteiger partial charge in [-0.15, -0.1) is 0 Å². The molecule has 3 aromatic rings. The summed E-state index contributed by atoms with van der Waals surface area (Å²) in [6, 6.07) is 6.85. The summed E-state index contributed by atoms with van der Waals surface area (Å²) < 4.78 is 1.86. The van der Waals surface area contributed by atoms with Gasteiger partial charge in [0.1, 0.15) is 11.4 Å². The third-order valence-corrected chi connectivity index (χ3v) is 5.76. The Morgan fingerprint density at radius 3 is 2.83 bits per heavy atom. The lowest BCUT2D eigenvalue weighted by molar-refractivity contribution is 0.345. The molecule has 1 aliphatic rings. The zero-order chi connectivity index (χ0) is 21.1. The quantitative estimate of drug-likeness (QED) is 0.591. The highest BCUT2D eigenvalue weighted by Crippen LogP contribution is 2.34. The van der Waals surface area contributed by atoms with Gasteiger partial charge in [-0.05, 0) is 56.6 Å². The summed E-state index contributed by atoms with van der Waals surface area (Å²) in [6.07, 6.45) is 4.93. The molecule has 1 saturated heterocycles. The van der Waals surface area contributed by atoms with E-state index in [1.54, 1.807) is 18.3 Å². The van der Waals surface area contributed by atoms with Crippen molar-refractivity contribution in [3.63, 3.8) is 0 Å². The number of hydrogen-bond acceptors (Lipinski definition) is 6. The van der Waals surface area contributed by atoms with Crippen LogP contribution in [-0.2, 0) is 6.54 Å². The van der Waals surface area contributed by atoms with Crippen LogP contribution in [0.15, 0.2) is 36.7 Å². The van der Waals surface area contributed by atoms with Crippen molar-refractivity contribution in [2.45, 2.75) is 26.8 Å². The van der Waals surface area contributed by atoms with Crippen molar-refractivity contribution in [2.75, 3.05) is 31.5 Å². The molecule has 1 unspecified atom stereocenters. The van der Waals surface area contributed by atoms with E-state index in [-0.39, 0.29) is 5.75 Å². The van der Waals surface area contributed by atoms with Crippen molar-refractivity contribution < 1.29 is 5.11 Å². The van der Waals surface area contributed by atoms with Gasteiger partial charge in [0.15, 0.2) is 0 Å². The van der Waals surface area contributed by atoms with E-state index in [1.807, 2.05) is 23.9 Å². The fraction of sp³-hybridized carbons (Fsp3) is 0.409. The molecule has 0 saturated carbocycles. The van der Waals surface area contributed by atoms with Gasteiger partial charge in [0.2, 0.25) is 5.95 Å². The van der Waals surface area contributed by atoms with Gasteiger partial charge in [-0.2, -0.15) is 5.10 Å². The maximum atomic E-state index is 9.98. The number of nitrogens with one attached hydrogen (secondary N) is 1. The second-order valence-electron chi connectivity index (χ2n) is 7.64. The summed E-state index contributed by atoms with van der Waals surface area (Å²) in [6.45, 7) is 9.21. The molecule has 7 nitrogen and oxygen atoms in total. The minimum atomic E-state index is 0.109. The van der Waals surface area contributed by atoms with Gasteiger partial charge in [-0.3, -0.25) is 4.68 Å². The van der Waals surface area contributed by atoms with Crippen molar-refractivity contribution >= 4 is 17.5 Å². The van der Waals surface area contributed by atoms with Gasteiger partial charge in [0.05, 0.1) is 5.69 Å². The van der Waals surface area contributed by atoms with Gasteiger partial charge in [0, 0.05) is 48.2 Å². The van der Waals surface area contributed by atoms with E-state index >= 15 is 0 Å². The Balaban J connectivity index is 1.59. The van der Waals surface area contributed by atoms with Gasteiger partial charge in [-0.1, -0.05) is 18.5 Å². The van der Waals surface area contributed by atoms with Crippen LogP contribution in [0.1, 0.15) is 20.3 Å². The van der Waals surface area contributed by atoms with E-state index in [2.05, 4.69) is 27.2 Å². The lowest BCUT2D eigenvalue weighted by Crippen LogP contribution is -2.22. The number of anilines is 1. The number of nitrogens with zero attached hydrogens (tertiary/aromatic N) is 5. The van der Waals surface area contributed by atoms with Crippen LogP contribution in [0.2, 0.25) is 5.02 Å². The van der Waals surface area contributed by atoms with Crippen molar-refractivity contribution in [1.29, 1.82) is 0 Å². The van der Waals surface area contributed by atoms with E-state index in [9.17, 15) is 5.11 Å². The molecule has 158 valence electrons. The molecule has 0 spiro atoms.